The summed E-state index contributed by atoms with van der Waals surface area (Å²) in [4.78, 5) is 0. The SMILES string of the molecule is Cc1ccc2c(c1)C(C)OC2C. The number of ether oxygens (including phenoxy) is 1. The van der Waals surface area contributed by atoms with Gasteiger partial charge in [0.2, 0.25) is 0 Å². The molecule has 1 aliphatic rings. The van der Waals surface area contributed by atoms with Crippen molar-refractivity contribution in [2.45, 2.75) is 33.0 Å². The third-order valence-electron chi connectivity index (χ3n) is 2.53. The van der Waals surface area contributed by atoms with Crippen molar-refractivity contribution in [1.29, 1.82) is 0 Å². The monoisotopic (exact) mass is 162 g/mol. The molecule has 1 aromatic rings. The Morgan fingerprint density at radius 3 is 2.50 bits per heavy atom. The highest BCUT2D eigenvalue weighted by molar-refractivity contribution is 5.36. The molecule has 0 amide bonds. The molecular weight excluding hydrogens is 148 g/mol. The van der Waals surface area contributed by atoms with Crippen LogP contribution in [0.5, 0.6) is 0 Å². The Hall–Kier alpha value is -0.820. The molecule has 0 aromatic heterocycles. The molecule has 0 saturated heterocycles. The van der Waals surface area contributed by atoms with Crippen LogP contribution < -0.4 is 0 Å². The second-order valence-corrected chi connectivity index (χ2v) is 3.55. The molecule has 1 heteroatoms. The summed E-state index contributed by atoms with van der Waals surface area (Å²) in [6, 6.07) is 6.55. The zero-order chi connectivity index (χ0) is 8.72. The normalized spacial score (nSPS) is 27.2. The van der Waals surface area contributed by atoms with Crippen LogP contribution >= 0.6 is 0 Å². The summed E-state index contributed by atoms with van der Waals surface area (Å²) in [6.07, 6.45) is 0.547. The van der Waals surface area contributed by atoms with E-state index in [9.17, 15) is 0 Å². The topological polar surface area (TPSA) is 9.23 Å². The van der Waals surface area contributed by atoms with Gasteiger partial charge in [-0.2, -0.15) is 0 Å². The van der Waals surface area contributed by atoms with E-state index < -0.39 is 0 Å². The van der Waals surface area contributed by atoms with Crippen LogP contribution in [0.25, 0.3) is 0 Å². The molecule has 0 spiro atoms. The highest BCUT2D eigenvalue weighted by atomic mass is 16.5. The van der Waals surface area contributed by atoms with Gasteiger partial charge in [-0.3, -0.25) is 0 Å². The zero-order valence-electron chi connectivity index (χ0n) is 7.79. The van der Waals surface area contributed by atoms with Gasteiger partial charge in [-0.05, 0) is 31.9 Å². The minimum Gasteiger partial charge on any atom is -0.366 e. The van der Waals surface area contributed by atoms with Gasteiger partial charge in [0.1, 0.15) is 0 Å². The van der Waals surface area contributed by atoms with E-state index in [4.69, 9.17) is 4.74 Å². The molecule has 0 bridgehead atoms. The molecule has 2 unspecified atom stereocenters. The van der Waals surface area contributed by atoms with E-state index in [2.05, 4.69) is 39.0 Å². The highest BCUT2D eigenvalue weighted by Gasteiger charge is 2.24. The van der Waals surface area contributed by atoms with Crippen LogP contribution in [0.2, 0.25) is 0 Å². The quantitative estimate of drug-likeness (QED) is 0.569. The molecule has 2 atom stereocenters. The van der Waals surface area contributed by atoms with Crippen molar-refractivity contribution in [3.63, 3.8) is 0 Å². The fraction of sp³-hybridized carbons (Fsp3) is 0.455. The summed E-state index contributed by atoms with van der Waals surface area (Å²) in [5.74, 6) is 0. The fourth-order valence-electron chi connectivity index (χ4n) is 1.87. The van der Waals surface area contributed by atoms with Gasteiger partial charge in [0.15, 0.2) is 0 Å². The van der Waals surface area contributed by atoms with Gasteiger partial charge in [0.25, 0.3) is 0 Å². The second kappa shape index (κ2) is 2.60. The summed E-state index contributed by atoms with van der Waals surface area (Å²) >= 11 is 0. The molecular formula is C11H14O. The lowest BCUT2D eigenvalue weighted by Gasteiger charge is -2.03. The fourth-order valence-corrected chi connectivity index (χ4v) is 1.87. The average molecular weight is 162 g/mol. The van der Waals surface area contributed by atoms with E-state index in [1.54, 1.807) is 0 Å². The Bertz CT molecular complexity index is 304. The molecule has 0 saturated carbocycles. The van der Waals surface area contributed by atoms with Crippen molar-refractivity contribution in [2.75, 3.05) is 0 Å². The first-order chi connectivity index (χ1) is 5.68. The maximum absolute atomic E-state index is 5.69. The Morgan fingerprint density at radius 1 is 1.08 bits per heavy atom. The van der Waals surface area contributed by atoms with Crippen LogP contribution in [-0.4, -0.2) is 0 Å². The second-order valence-electron chi connectivity index (χ2n) is 3.55. The molecule has 0 radical (unpaired) electrons. The molecule has 0 fully saturated rings. The van der Waals surface area contributed by atoms with Crippen LogP contribution in [0.4, 0.5) is 0 Å². The largest absolute Gasteiger partial charge is 0.366 e. The van der Waals surface area contributed by atoms with E-state index in [-0.39, 0.29) is 12.2 Å². The molecule has 0 N–H and O–H groups in total. The van der Waals surface area contributed by atoms with Crippen molar-refractivity contribution in [3.05, 3.63) is 34.9 Å². The average Bonchev–Trinajstić information content (AvgIpc) is 2.28. The maximum atomic E-state index is 5.69. The summed E-state index contributed by atoms with van der Waals surface area (Å²) in [5.41, 5.74) is 4.04. The van der Waals surface area contributed by atoms with Crippen molar-refractivity contribution >= 4 is 0 Å². The van der Waals surface area contributed by atoms with E-state index in [0.717, 1.165) is 0 Å². The molecule has 1 nitrogen and oxygen atoms in total. The number of fused-ring (bicyclic) bond motifs is 1. The van der Waals surface area contributed by atoms with Crippen LogP contribution in [0, 0.1) is 6.92 Å². The maximum Gasteiger partial charge on any atom is 0.0808 e. The van der Waals surface area contributed by atoms with Gasteiger partial charge in [0, 0.05) is 0 Å². The van der Waals surface area contributed by atoms with Crippen molar-refractivity contribution in [2.24, 2.45) is 0 Å². The third-order valence-corrected chi connectivity index (χ3v) is 2.53. The van der Waals surface area contributed by atoms with Gasteiger partial charge in [-0.15, -0.1) is 0 Å². The van der Waals surface area contributed by atoms with Gasteiger partial charge < -0.3 is 4.74 Å². The third kappa shape index (κ3) is 1.05. The first-order valence-electron chi connectivity index (χ1n) is 4.44. The molecule has 0 aliphatic carbocycles. The van der Waals surface area contributed by atoms with Gasteiger partial charge in [-0.1, -0.05) is 23.8 Å². The van der Waals surface area contributed by atoms with Crippen LogP contribution in [0.15, 0.2) is 18.2 Å². The minimum atomic E-state index is 0.273. The molecule has 1 aromatic carbocycles. The summed E-state index contributed by atoms with van der Waals surface area (Å²) < 4.78 is 5.69. The Morgan fingerprint density at radius 2 is 1.75 bits per heavy atom. The summed E-state index contributed by atoms with van der Waals surface area (Å²) in [5, 5.41) is 0. The first-order valence-corrected chi connectivity index (χ1v) is 4.44. The number of hydrogen-bond donors (Lipinski definition) is 0. The number of benzene rings is 1. The molecule has 1 heterocycles. The van der Waals surface area contributed by atoms with E-state index in [1.165, 1.54) is 16.7 Å². The predicted molar refractivity (Wildman–Crippen MR) is 49.1 cm³/mol. The van der Waals surface area contributed by atoms with E-state index >= 15 is 0 Å². The van der Waals surface area contributed by atoms with Gasteiger partial charge in [0.05, 0.1) is 12.2 Å². The van der Waals surface area contributed by atoms with E-state index in [1.807, 2.05) is 0 Å². The number of aryl methyl sites for hydroxylation is 1. The Kier molecular flexibility index (Phi) is 1.69. The first kappa shape index (κ1) is 7.81. The zero-order valence-corrected chi connectivity index (χ0v) is 7.79. The lowest BCUT2D eigenvalue weighted by Crippen LogP contribution is -1.88. The predicted octanol–water partition coefficient (Wildman–Crippen LogP) is 3.15. The smallest absolute Gasteiger partial charge is 0.0808 e. The van der Waals surface area contributed by atoms with Crippen molar-refractivity contribution in [3.8, 4) is 0 Å². The van der Waals surface area contributed by atoms with Gasteiger partial charge in [-0.25, -0.2) is 0 Å². The van der Waals surface area contributed by atoms with Crippen LogP contribution in [0.3, 0.4) is 0 Å². The molecule has 1 aliphatic heterocycles. The highest BCUT2D eigenvalue weighted by Crippen LogP contribution is 2.38. The van der Waals surface area contributed by atoms with Crippen LogP contribution in [-0.2, 0) is 4.74 Å². The Labute approximate surface area is 73.4 Å². The number of rotatable bonds is 0. The lowest BCUT2D eigenvalue weighted by molar-refractivity contribution is 0.0332. The van der Waals surface area contributed by atoms with Crippen molar-refractivity contribution in [1.82, 2.24) is 0 Å². The van der Waals surface area contributed by atoms with Crippen LogP contribution in [0.1, 0.15) is 42.7 Å². The molecule has 12 heavy (non-hydrogen) atoms. The van der Waals surface area contributed by atoms with Crippen molar-refractivity contribution < 1.29 is 4.74 Å². The lowest BCUT2D eigenvalue weighted by atomic mass is 10.0. The van der Waals surface area contributed by atoms with E-state index in [0.29, 0.717) is 0 Å². The molecule has 2 rings (SSSR count). The molecule has 64 valence electrons. The minimum absolute atomic E-state index is 0.273. The summed E-state index contributed by atoms with van der Waals surface area (Å²) in [7, 11) is 0. The summed E-state index contributed by atoms with van der Waals surface area (Å²) in [6.45, 7) is 6.34. The Balaban J connectivity index is 2.53. The standard InChI is InChI=1S/C11H14O/c1-7-4-5-10-8(2)12-9(3)11(10)6-7/h4-6,8-9H,1-3H3. The number of hydrogen-bond acceptors (Lipinski definition) is 1. The van der Waals surface area contributed by atoms with Gasteiger partial charge >= 0.3 is 0 Å².